The fourth-order valence-corrected chi connectivity index (χ4v) is 3.28. The second-order valence-electron chi connectivity index (χ2n) is 5.88. The zero-order chi connectivity index (χ0) is 17.7. The van der Waals surface area contributed by atoms with Gasteiger partial charge in [-0.25, -0.2) is 0 Å². The van der Waals surface area contributed by atoms with Crippen LogP contribution in [0.2, 0.25) is 0 Å². The van der Waals surface area contributed by atoms with E-state index in [4.69, 9.17) is 12.2 Å². The molecule has 1 aromatic heterocycles. The maximum absolute atomic E-state index is 11.0. The van der Waals surface area contributed by atoms with E-state index in [2.05, 4.69) is 24.2 Å². The summed E-state index contributed by atoms with van der Waals surface area (Å²) in [6.45, 7) is 6.45. The SMILES string of the molecule is CC(=O)Nc1ccc(N=Cc2sc(=S)n(CCC(C)C)c2O)cc1. The third-order valence-corrected chi connectivity index (χ3v) is 4.72. The van der Waals surface area contributed by atoms with Gasteiger partial charge in [-0.3, -0.25) is 14.4 Å². The number of carbonyl (C=O) groups excluding carboxylic acids is 1. The summed E-state index contributed by atoms with van der Waals surface area (Å²) in [4.78, 5) is 16.0. The normalized spacial score (nSPS) is 11.3. The molecule has 1 amide bonds. The molecule has 2 N–H and O–H groups in total. The van der Waals surface area contributed by atoms with Crippen LogP contribution in [0.25, 0.3) is 0 Å². The summed E-state index contributed by atoms with van der Waals surface area (Å²) < 4.78 is 2.40. The maximum Gasteiger partial charge on any atom is 0.221 e. The number of amides is 1. The van der Waals surface area contributed by atoms with Crippen LogP contribution < -0.4 is 5.32 Å². The van der Waals surface area contributed by atoms with Gasteiger partial charge in [0.05, 0.1) is 11.9 Å². The number of hydrogen-bond acceptors (Lipinski definition) is 5. The molecule has 0 saturated carbocycles. The molecular formula is C17H21N3O2S2. The number of anilines is 1. The molecule has 1 heterocycles. The van der Waals surface area contributed by atoms with Crippen LogP contribution in [0.1, 0.15) is 32.1 Å². The summed E-state index contributed by atoms with van der Waals surface area (Å²) in [5.74, 6) is 0.605. The van der Waals surface area contributed by atoms with Crippen molar-refractivity contribution in [3.05, 3.63) is 33.1 Å². The average molecular weight is 364 g/mol. The standard InChI is InChI=1S/C17H21N3O2S2/c1-11(2)8-9-20-16(22)15(24-17(20)23)10-18-13-4-6-14(7-5-13)19-12(3)21/h4-7,10-11,22H,8-9H2,1-3H3,(H,19,21). The molecule has 0 aliphatic heterocycles. The van der Waals surface area contributed by atoms with Crippen LogP contribution in [-0.4, -0.2) is 21.8 Å². The molecule has 128 valence electrons. The highest BCUT2D eigenvalue weighted by Crippen LogP contribution is 2.26. The first-order valence-electron chi connectivity index (χ1n) is 7.71. The molecule has 0 atom stereocenters. The Morgan fingerprint density at radius 1 is 1.42 bits per heavy atom. The fraction of sp³-hybridized carbons (Fsp3) is 0.353. The van der Waals surface area contributed by atoms with Gasteiger partial charge in [0, 0.05) is 19.2 Å². The lowest BCUT2D eigenvalue weighted by Gasteiger charge is -2.06. The van der Waals surface area contributed by atoms with Crippen molar-refractivity contribution in [1.29, 1.82) is 0 Å². The smallest absolute Gasteiger partial charge is 0.221 e. The number of aliphatic imine (C=N–C) groups is 1. The van der Waals surface area contributed by atoms with Crippen molar-refractivity contribution in [2.75, 3.05) is 5.32 Å². The fourth-order valence-electron chi connectivity index (χ4n) is 2.05. The highest BCUT2D eigenvalue weighted by molar-refractivity contribution is 7.73. The van der Waals surface area contributed by atoms with Crippen molar-refractivity contribution >= 4 is 47.1 Å². The summed E-state index contributed by atoms with van der Waals surface area (Å²) in [6.07, 6.45) is 2.58. The highest BCUT2D eigenvalue weighted by atomic mass is 32.1. The molecule has 7 heteroatoms. The van der Waals surface area contributed by atoms with E-state index >= 15 is 0 Å². The third-order valence-electron chi connectivity index (χ3n) is 3.34. The summed E-state index contributed by atoms with van der Waals surface area (Å²) in [5, 5.41) is 13.0. The predicted molar refractivity (Wildman–Crippen MR) is 102 cm³/mol. The van der Waals surface area contributed by atoms with Crippen LogP contribution in [0.4, 0.5) is 11.4 Å². The molecule has 0 fully saturated rings. The quantitative estimate of drug-likeness (QED) is 0.575. The van der Waals surface area contributed by atoms with Crippen molar-refractivity contribution in [2.24, 2.45) is 10.9 Å². The Balaban J connectivity index is 2.13. The van der Waals surface area contributed by atoms with Gasteiger partial charge in [-0.05, 0) is 48.8 Å². The molecular weight excluding hydrogens is 342 g/mol. The Morgan fingerprint density at radius 2 is 2.08 bits per heavy atom. The Hall–Kier alpha value is -1.99. The Kier molecular flexibility index (Phi) is 6.28. The van der Waals surface area contributed by atoms with Gasteiger partial charge in [-0.1, -0.05) is 25.2 Å². The Bertz CT molecular complexity index is 789. The summed E-state index contributed by atoms with van der Waals surface area (Å²) in [5.41, 5.74) is 1.45. The van der Waals surface area contributed by atoms with Gasteiger partial charge in [-0.2, -0.15) is 0 Å². The highest BCUT2D eigenvalue weighted by Gasteiger charge is 2.10. The van der Waals surface area contributed by atoms with Gasteiger partial charge >= 0.3 is 0 Å². The van der Waals surface area contributed by atoms with Gasteiger partial charge in [-0.15, -0.1) is 0 Å². The molecule has 0 aliphatic carbocycles. The molecule has 0 saturated heterocycles. The van der Waals surface area contributed by atoms with Crippen LogP contribution in [0, 0.1) is 9.87 Å². The van der Waals surface area contributed by atoms with Crippen molar-refractivity contribution in [1.82, 2.24) is 4.57 Å². The maximum atomic E-state index is 11.0. The first-order valence-corrected chi connectivity index (χ1v) is 8.93. The van der Waals surface area contributed by atoms with Crippen LogP contribution in [0.5, 0.6) is 5.88 Å². The molecule has 0 spiro atoms. The molecule has 5 nitrogen and oxygen atoms in total. The first-order chi connectivity index (χ1) is 11.4. The summed E-state index contributed by atoms with van der Waals surface area (Å²) >= 11 is 6.66. The number of nitrogens with one attached hydrogen (secondary N) is 1. The molecule has 24 heavy (non-hydrogen) atoms. The minimum absolute atomic E-state index is 0.112. The van der Waals surface area contributed by atoms with Crippen molar-refractivity contribution in [3.63, 3.8) is 0 Å². The van der Waals surface area contributed by atoms with E-state index in [9.17, 15) is 9.90 Å². The number of benzene rings is 1. The zero-order valence-corrected chi connectivity index (χ0v) is 15.6. The first kappa shape index (κ1) is 18.4. The Morgan fingerprint density at radius 3 is 2.67 bits per heavy atom. The molecule has 0 aliphatic rings. The lowest BCUT2D eigenvalue weighted by molar-refractivity contribution is -0.114. The van der Waals surface area contributed by atoms with Crippen molar-refractivity contribution in [3.8, 4) is 5.88 Å². The van der Waals surface area contributed by atoms with Gasteiger partial charge in [0.1, 0.15) is 4.88 Å². The lowest BCUT2D eigenvalue weighted by atomic mass is 10.1. The second kappa shape index (κ2) is 8.21. The van der Waals surface area contributed by atoms with E-state index in [1.807, 2.05) is 0 Å². The van der Waals surface area contributed by atoms with Crippen LogP contribution in [-0.2, 0) is 11.3 Å². The zero-order valence-electron chi connectivity index (χ0n) is 13.9. The number of aromatic nitrogens is 1. The van der Waals surface area contributed by atoms with Gasteiger partial charge < -0.3 is 10.4 Å². The van der Waals surface area contributed by atoms with Crippen LogP contribution in [0.3, 0.4) is 0 Å². The monoisotopic (exact) mass is 363 g/mol. The average Bonchev–Trinajstić information content (AvgIpc) is 2.78. The molecule has 2 rings (SSSR count). The number of nitrogens with zero attached hydrogens (tertiary/aromatic N) is 2. The van der Waals surface area contributed by atoms with E-state index in [0.29, 0.717) is 21.3 Å². The van der Waals surface area contributed by atoms with Gasteiger partial charge in [0.25, 0.3) is 0 Å². The van der Waals surface area contributed by atoms with Crippen LogP contribution in [0.15, 0.2) is 29.3 Å². The number of thiazole rings is 1. The number of aromatic hydroxyl groups is 1. The number of rotatable bonds is 6. The summed E-state index contributed by atoms with van der Waals surface area (Å²) in [7, 11) is 0. The van der Waals surface area contributed by atoms with Crippen molar-refractivity contribution in [2.45, 2.75) is 33.7 Å². The molecule has 2 aromatic rings. The van der Waals surface area contributed by atoms with Crippen LogP contribution >= 0.6 is 23.6 Å². The Labute approximate surface area is 150 Å². The topological polar surface area (TPSA) is 66.6 Å². The van der Waals surface area contributed by atoms with Crippen molar-refractivity contribution < 1.29 is 9.90 Å². The predicted octanol–water partition coefficient (Wildman–Crippen LogP) is 4.74. The van der Waals surface area contributed by atoms with E-state index in [-0.39, 0.29) is 11.8 Å². The lowest BCUT2D eigenvalue weighted by Crippen LogP contribution is -2.04. The molecule has 0 bridgehead atoms. The number of hydrogen-bond donors (Lipinski definition) is 2. The van der Waals surface area contributed by atoms with E-state index in [0.717, 1.165) is 17.8 Å². The minimum Gasteiger partial charge on any atom is -0.493 e. The number of carbonyl (C=O) groups is 1. The molecule has 0 unspecified atom stereocenters. The van der Waals surface area contributed by atoms with Gasteiger partial charge in [0.2, 0.25) is 11.8 Å². The molecule has 1 aromatic carbocycles. The van der Waals surface area contributed by atoms with E-state index in [1.54, 1.807) is 35.0 Å². The van der Waals surface area contributed by atoms with Gasteiger partial charge in [0.15, 0.2) is 3.95 Å². The largest absolute Gasteiger partial charge is 0.493 e. The molecule has 0 radical (unpaired) electrons. The summed E-state index contributed by atoms with van der Waals surface area (Å²) in [6, 6.07) is 7.16. The van der Waals surface area contributed by atoms with E-state index < -0.39 is 0 Å². The minimum atomic E-state index is -0.112. The third kappa shape index (κ3) is 5.01. The second-order valence-corrected chi connectivity index (χ2v) is 7.55. The van der Waals surface area contributed by atoms with E-state index in [1.165, 1.54) is 18.3 Å².